The average Bonchev–Trinajstić information content (AvgIpc) is 2.27. The third-order valence-electron chi connectivity index (χ3n) is 2.39. The normalized spacial score (nSPS) is 14.6. The maximum Gasteiger partial charge on any atom is 0.338 e. The van der Waals surface area contributed by atoms with E-state index < -0.39 is 0 Å². The van der Waals surface area contributed by atoms with Gasteiger partial charge in [0.25, 0.3) is 0 Å². The second-order valence-electron chi connectivity index (χ2n) is 3.20. The molecule has 0 atom stereocenters. The summed E-state index contributed by atoms with van der Waals surface area (Å²) in [6.45, 7) is 1.62. The van der Waals surface area contributed by atoms with Crippen molar-refractivity contribution in [2.45, 2.75) is 13.0 Å². The molecule has 1 aliphatic rings. The van der Waals surface area contributed by atoms with Crippen molar-refractivity contribution in [2.24, 2.45) is 0 Å². The molecule has 1 aliphatic heterocycles. The number of aromatic nitrogens is 1. The standard InChI is InChI=1S/C10H12N2O2/c1-14-10(13)7-2-5-12-9-3-4-11-6-8(7)9/h2,5,11H,3-4,6H2,1H3. The van der Waals surface area contributed by atoms with Crippen LogP contribution in [0.5, 0.6) is 0 Å². The molecule has 4 heteroatoms. The number of nitrogens with zero attached hydrogens (tertiary/aromatic N) is 1. The third-order valence-corrected chi connectivity index (χ3v) is 2.39. The van der Waals surface area contributed by atoms with Crippen molar-refractivity contribution in [3.63, 3.8) is 0 Å². The van der Waals surface area contributed by atoms with Crippen LogP contribution in [0, 0.1) is 0 Å². The van der Waals surface area contributed by atoms with Crippen molar-refractivity contribution in [2.75, 3.05) is 13.7 Å². The quantitative estimate of drug-likeness (QED) is 0.659. The minimum absolute atomic E-state index is 0.285. The van der Waals surface area contributed by atoms with Gasteiger partial charge in [0.05, 0.1) is 12.7 Å². The highest BCUT2D eigenvalue weighted by molar-refractivity contribution is 5.91. The molecule has 0 saturated heterocycles. The summed E-state index contributed by atoms with van der Waals surface area (Å²) in [6.07, 6.45) is 2.54. The van der Waals surface area contributed by atoms with Crippen LogP contribution in [-0.4, -0.2) is 24.6 Å². The topological polar surface area (TPSA) is 51.2 Å². The summed E-state index contributed by atoms with van der Waals surface area (Å²) >= 11 is 0. The Morgan fingerprint density at radius 1 is 1.64 bits per heavy atom. The molecule has 4 nitrogen and oxygen atoms in total. The van der Waals surface area contributed by atoms with Crippen LogP contribution in [0.25, 0.3) is 0 Å². The molecule has 0 radical (unpaired) electrons. The zero-order valence-electron chi connectivity index (χ0n) is 8.04. The monoisotopic (exact) mass is 192 g/mol. The van der Waals surface area contributed by atoms with Gasteiger partial charge in [0.15, 0.2) is 0 Å². The number of carbonyl (C=O) groups is 1. The zero-order chi connectivity index (χ0) is 9.97. The maximum atomic E-state index is 11.4. The number of esters is 1. The van der Waals surface area contributed by atoms with E-state index in [0.29, 0.717) is 12.1 Å². The smallest absolute Gasteiger partial charge is 0.338 e. The Labute approximate surface area is 82.3 Å². The predicted octanol–water partition coefficient (Wildman–Crippen LogP) is 0.514. The molecule has 1 N–H and O–H groups in total. The maximum absolute atomic E-state index is 11.4. The number of ether oxygens (including phenoxy) is 1. The highest BCUT2D eigenvalue weighted by Crippen LogP contribution is 2.16. The van der Waals surface area contributed by atoms with Crippen LogP contribution in [-0.2, 0) is 17.7 Å². The van der Waals surface area contributed by atoms with E-state index in [1.54, 1.807) is 12.3 Å². The Morgan fingerprint density at radius 3 is 3.29 bits per heavy atom. The van der Waals surface area contributed by atoms with Gasteiger partial charge in [0, 0.05) is 37.0 Å². The fourth-order valence-corrected chi connectivity index (χ4v) is 1.67. The molecule has 0 aromatic carbocycles. The SMILES string of the molecule is COC(=O)c1ccnc2c1CNCC2. The van der Waals surface area contributed by atoms with Gasteiger partial charge in [-0.1, -0.05) is 0 Å². The van der Waals surface area contributed by atoms with Crippen LogP contribution >= 0.6 is 0 Å². The number of hydrogen-bond donors (Lipinski definition) is 1. The van der Waals surface area contributed by atoms with Gasteiger partial charge >= 0.3 is 5.97 Å². The van der Waals surface area contributed by atoms with Crippen LogP contribution in [0.1, 0.15) is 21.6 Å². The first kappa shape index (κ1) is 9.15. The lowest BCUT2D eigenvalue weighted by molar-refractivity contribution is 0.0598. The van der Waals surface area contributed by atoms with Crippen molar-refractivity contribution in [1.29, 1.82) is 0 Å². The molecule has 0 unspecified atom stereocenters. The van der Waals surface area contributed by atoms with E-state index in [1.807, 2.05) is 0 Å². The lowest BCUT2D eigenvalue weighted by atomic mass is 10.0. The van der Waals surface area contributed by atoms with E-state index in [0.717, 1.165) is 24.2 Å². The van der Waals surface area contributed by atoms with Gasteiger partial charge in [0.2, 0.25) is 0 Å². The highest BCUT2D eigenvalue weighted by atomic mass is 16.5. The predicted molar refractivity (Wildman–Crippen MR) is 51.0 cm³/mol. The molecule has 0 aliphatic carbocycles. The van der Waals surface area contributed by atoms with Gasteiger partial charge in [-0.3, -0.25) is 4.98 Å². The zero-order valence-corrected chi connectivity index (χ0v) is 8.04. The van der Waals surface area contributed by atoms with Gasteiger partial charge in [0.1, 0.15) is 0 Å². The van der Waals surface area contributed by atoms with Crippen LogP contribution in [0.15, 0.2) is 12.3 Å². The summed E-state index contributed by atoms with van der Waals surface area (Å²) in [7, 11) is 1.39. The van der Waals surface area contributed by atoms with Crippen molar-refractivity contribution in [3.05, 3.63) is 29.1 Å². The number of fused-ring (bicyclic) bond motifs is 1. The summed E-state index contributed by atoms with van der Waals surface area (Å²) < 4.78 is 4.71. The van der Waals surface area contributed by atoms with Gasteiger partial charge in [-0.2, -0.15) is 0 Å². The van der Waals surface area contributed by atoms with Crippen molar-refractivity contribution < 1.29 is 9.53 Å². The minimum Gasteiger partial charge on any atom is -0.465 e. The van der Waals surface area contributed by atoms with E-state index >= 15 is 0 Å². The van der Waals surface area contributed by atoms with Crippen molar-refractivity contribution in [1.82, 2.24) is 10.3 Å². The molecule has 0 spiro atoms. The Morgan fingerprint density at radius 2 is 2.50 bits per heavy atom. The van der Waals surface area contributed by atoms with Crippen molar-refractivity contribution in [3.8, 4) is 0 Å². The van der Waals surface area contributed by atoms with E-state index in [1.165, 1.54) is 7.11 Å². The largest absolute Gasteiger partial charge is 0.465 e. The molecule has 14 heavy (non-hydrogen) atoms. The van der Waals surface area contributed by atoms with Crippen molar-refractivity contribution >= 4 is 5.97 Å². The molecule has 0 amide bonds. The van der Waals surface area contributed by atoms with E-state index in [2.05, 4.69) is 10.3 Å². The van der Waals surface area contributed by atoms with Gasteiger partial charge in [-0.15, -0.1) is 0 Å². The molecular formula is C10H12N2O2. The van der Waals surface area contributed by atoms with Gasteiger partial charge < -0.3 is 10.1 Å². The first-order chi connectivity index (χ1) is 6.83. The van der Waals surface area contributed by atoms with E-state index in [4.69, 9.17) is 4.74 Å². The summed E-state index contributed by atoms with van der Waals surface area (Å²) in [4.78, 5) is 15.7. The Bertz CT molecular complexity index is 363. The molecule has 0 fully saturated rings. The van der Waals surface area contributed by atoms with Crippen LogP contribution in [0.2, 0.25) is 0 Å². The number of nitrogens with one attached hydrogen (secondary N) is 1. The fourth-order valence-electron chi connectivity index (χ4n) is 1.67. The second-order valence-corrected chi connectivity index (χ2v) is 3.20. The lowest BCUT2D eigenvalue weighted by Gasteiger charge is -2.17. The molecule has 74 valence electrons. The third kappa shape index (κ3) is 1.48. The molecular weight excluding hydrogens is 180 g/mol. The van der Waals surface area contributed by atoms with Gasteiger partial charge in [-0.25, -0.2) is 4.79 Å². The van der Waals surface area contributed by atoms with Crippen LogP contribution in [0.3, 0.4) is 0 Å². The fraction of sp³-hybridized carbons (Fsp3) is 0.400. The molecule has 0 bridgehead atoms. The second kappa shape index (κ2) is 3.75. The Hall–Kier alpha value is -1.42. The minimum atomic E-state index is -0.285. The van der Waals surface area contributed by atoms with Crippen LogP contribution in [0.4, 0.5) is 0 Å². The molecule has 1 aromatic heterocycles. The number of methoxy groups -OCH3 is 1. The number of carbonyl (C=O) groups excluding carboxylic acids is 1. The van der Waals surface area contributed by atoms with E-state index in [9.17, 15) is 4.79 Å². The van der Waals surface area contributed by atoms with E-state index in [-0.39, 0.29) is 5.97 Å². The summed E-state index contributed by atoms with van der Waals surface area (Å²) in [5.41, 5.74) is 2.61. The molecule has 2 heterocycles. The molecule has 0 saturated carbocycles. The average molecular weight is 192 g/mol. The summed E-state index contributed by atoms with van der Waals surface area (Å²) in [5.74, 6) is -0.285. The van der Waals surface area contributed by atoms with Crippen LogP contribution < -0.4 is 5.32 Å². The van der Waals surface area contributed by atoms with Gasteiger partial charge in [-0.05, 0) is 6.07 Å². The summed E-state index contributed by atoms with van der Waals surface area (Å²) in [6, 6.07) is 1.71. The number of pyridine rings is 1. The Kier molecular flexibility index (Phi) is 2.45. The number of rotatable bonds is 1. The lowest BCUT2D eigenvalue weighted by Crippen LogP contribution is -2.26. The first-order valence-electron chi connectivity index (χ1n) is 4.58. The first-order valence-corrected chi connectivity index (χ1v) is 4.58. The number of hydrogen-bond acceptors (Lipinski definition) is 4. The Balaban J connectivity index is 2.45. The summed E-state index contributed by atoms with van der Waals surface area (Å²) in [5, 5.41) is 3.21. The highest BCUT2D eigenvalue weighted by Gasteiger charge is 2.18. The molecule has 2 rings (SSSR count). The molecule has 1 aromatic rings.